The Morgan fingerprint density at radius 3 is 2.71 bits per heavy atom. The van der Waals surface area contributed by atoms with Crippen LogP contribution in [0.25, 0.3) is 21.9 Å². The van der Waals surface area contributed by atoms with E-state index in [1.807, 2.05) is 46.4 Å². The van der Waals surface area contributed by atoms with Crippen LogP contribution < -0.4 is 0 Å². The smallest absolute Gasteiger partial charge is 0.183 e. The SMILES string of the molecule is N#Cc1ncc2c(c1O)c1cc(Br)cnc1n2Sc1ccccc1. The van der Waals surface area contributed by atoms with Crippen molar-refractivity contribution in [2.75, 3.05) is 0 Å². The lowest BCUT2D eigenvalue weighted by atomic mass is 10.2. The Kier molecular flexibility index (Phi) is 3.63. The molecular weight excluding hydrogens is 388 g/mol. The van der Waals surface area contributed by atoms with Crippen molar-refractivity contribution in [3.8, 4) is 11.8 Å². The van der Waals surface area contributed by atoms with E-state index in [-0.39, 0.29) is 11.4 Å². The molecule has 0 unspecified atom stereocenters. The molecule has 4 rings (SSSR count). The number of hydrogen-bond donors (Lipinski definition) is 1. The molecule has 7 heteroatoms. The number of fused-ring (bicyclic) bond motifs is 3. The molecule has 4 aromatic rings. The van der Waals surface area contributed by atoms with E-state index in [0.29, 0.717) is 16.6 Å². The largest absolute Gasteiger partial charge is 0.504 e. The van der Waals surface area contributed by atoms with Crippen molar-refractivity contribution in [1.82, 2.24) is 13.9 Å². The Labute approximate surface area is 149 Å². The van der Waals surface area contributed by atoms with E-state index >= 15 is 0 Å². The molecule has 3 aromatic heterocycles. The maximum atomic E-state index is 10.5. The van der Waals surface area contributed by atoms with Crippen LogP contribution in [-0.4, -0.2) is 19.0 Å². The van der Waals surface area contributed by atoms with Crippen LogP contribution in [0.2, 0.25) is 0 Å². The molecule has 5 nitrogen and oxygen atoms in total. The molecule has 24 heavy (non-hydrogen) atoms. The zero-order valence-electron chi connectivity index (χ0n) is 12.1. The van der Waals surface area contributed by atoms with Crippen molar-refractivity contribution in [2.24, 2.45) is 0 Å². The van der Waals surface area contributed by atoms with Crippen molar-refractivity contribution in [1.29, 1.82) is 5.26 Å². The minimum Gasteiger partial charge on any atom is -0.504 e. The van der Waals surface area contributed by atoms with Gasteiger partial charge >= 0.3 is 0 Å². The molecule has 3 heterocycles. The highest BCUT2D eigenvalue weighted by Crippen LogP contribution is 2.39. The third kappa shape index (κ3) is 2.31. The van der Waals surface area contributed by atoms with Crippen LogP contribution >= 0.6 is 27.9 Å². The van der Waals surface area contributed by atoms with Crippen LogP contribution in [0.15, 0.2) is 58.2 Å². The van der Waals surface area contributed by atoms with Gasteiger partial charge in [0.25, 0.3) is 0 Å². The number of benzene rings is 1. The van der Waals surface area contributed by atoms with Gasteiger partial charge in [0, 0.05) is 21.0 Å². The van der Waals surface area contributed by atoms with Crippen molar-refractivity contribution in [3.05, 3.63) is 59.0 Å². The summed E-state index contributed by atoms with van der Waals surface area (Å²) in [5.74, 6) is -0.118. The molecule has 0 aliphatic rings. The fraction of sp³-hybridized carbons (Fsp3) is 0. The number of aromatic nitrogens is 3. The summed E-state index contributed by atoms with van der Waals surface area (Å²) >= 11 is 4.90. The van der Waals surface area contributed by atoms with Crippen LogP contribution in [0.4, 0.5) is 0 Å². The molecule has 0 saturated carbocycles. The van der Waals surface area contributed by atoms with Gasteiger partial charge in [-0.15, -0.1) is 0 Å². The molecule has 0 amide bonds. The number of halogens is 1. The zero-order chi connectivity index (χ0) is 16.7. The summed E-state index contributed by atoms with van der Waals surface area (Å²) in [7, 11) is 0. The summed E-state index contributed by atoms with van der Waals surface area (Å²) < 4.78 is 2.72. The van der Waals surface area contributed by atoms with Crippen LogP contribution in [0.3, 0.4) is 0 Å². The van der Waals surface area contributed by atoms with Gasteiger partial charge in [-0.1, -0.05) is 18.2 Å². The Hall–Kier alpha value is -2.56. The molecule has 0 aliphatic carbocycles. The molecule has 1 N–H and O–H groups in total. The monoisotopic (exact) mass is 396 g/mol. The standard InChI is InChI=1S/C17H9BrN4OS/c18-10-6-12-15-14(9-20-13(7-19)16(15)23)22(17(12)21-8-10)24-11-4-2-1-3-5-11/h1-6,8-9,23H. The van der Waals surface area contributed by atoms with E-state index in [1.165, 1.54) is 11.9 Å². The first-order valence-corrected chi connectivity index (χ1v) is 8.57. The summed E-state index contributed by atoms with van der Waals surface area (Å²) in [6, 6.07) is 13.7. The zero-order valence-corrected chi connectivity index (χ0v) is 14.5. The van der Waals surface area contributed by atoms with Crippen molar-refractivity contribution in [2.45, 2.75) is 4.90 Å². The molecule has 0 saturated heterocycles. The van der Waals surface area contributed by atoms with Crippen molar-refractivity contribution < 1.29 is 5.11 Å². The van der Waals surface area contributed by atoms with Gasteiger partial charge < -0.3 is 5.11 Å². The minimum absolute atomic E-state index is 0.00577. The van der Waals surface area contributed by atoms with Crippen molar-refractivity contribution in [3.63, 3.8) is 0 Å². The Balaban J connectivity index is 2.08. The highest BCUT2D eigenvalue weighted by atomic mass is 79.9. The van der Waals surface area contributed by atoms with E-state index in [9.17, 15) is 5.11 Å². The summed E-state index contributed by atoms with van der Waals surface area (Å²) in [4.78, 5) is 9.58. The van der Waals surface area contributed by atoms with Gasteiger partial charge in [0.15, 0.2) is 17.1 Å². The average Bonchev–Trinajstić information content (AvgIpc) is 2.90. The second-order valence-corrected chi connectivity index (χ2v) is 6.99. The number of rotatable bonds is 2. The first-order chi connectivity index (χ1) is 11.7. The first-order valence-electron chi connectivity index (χ1n) is 7.00. The van der Waals surface area contributed by atoms with E-state index in [0.717, 1.165) is 14.8 Å². The molecule has 1 aromatic carbocycles. The predicted molar refractivity (Wildman–Crippen MR) is 96.8 cm³/mol. The third-order valence-electron chi connectivity index (χ3n) is 3.59. The Morgan fingerprint density at radius 2 is 1.96 bits per heavy atom. The quantitative estimate of drug-likeness (QED) is 0.540. The van der Waals surface area contributed by atoms with Gasteiger partial charge in [-0.3, -0.25) is 3.97 Å². The highest BCUT2D eigenvalue weighted by molar-refractivity contribution is 9.10. The summed E-state index contributed by atoms with van der Waals surface area (Å²) in [5.41, 5.74) is 1.42. The van der Waals surface area contributed by atoms with Gasteiger partial charge in [0.05, 0.1) is 17.1 Å². The Bertz CT molecular complexity index is 1120. The summed E-state index contributed by atoms with van der Waals surface area (Å²) in [6.45, 7) is 0. The number of pyridine rings is 2. The molecule has 116 valence electrons. The van der Waals surface area contributed by atoms with E-state index < -0.39 is 0 Å². The number of aromatic hydroxyl groups is 1. The molecule has 0 atom stereocenters. The predicted octanol–water partition coefficient (Wildman–Crippen LogP) is 4.48. The fourth-order valence-electron chi connectivity index (χ4n) is 2.56. The maximum absolute atomic E-state index is 10.5. The van der Waals surface area contributed by atoms with E-state index in [4.69, 9.17) is 5.26 Å². The highest BCUT2D eigenvalue weighted by Gasteiger charge is 2.19. The second-order valence-electron chi connectivity index (χ2n) is 5.05. The molecule has 0 bridgehead atoms. The van der Waals surface area contributed by atoms with Crippen LogP contribution in [0.5, 0.6) is 5.75 Å². The third-order valence-corrected chi connectivity index (χ3v) is 5.06. The fourth-order valence-corrected chi connectivity index (χ4v) is 3.85. The van der Waals surface area contributed by atoms with Gasteiger partial charge in [-0.25, -0.2) is 9.97 Å². The van der Waals surface area contributed by atoms with Crippen LogP contribution in [0, 0.1) is 11.3 Å². The van der Waals surface area contributed by atoms with Crippen LogP contribution in [-0.2, 0) is 0 Å². The average molecular weight is 397 g/mol. The van der Waals surface area contributed by atoms with Gasteiger partial charge in [-0.05, 0) is 46.1 Å². The maximum Gasteiger partial charge on any atom is 0.183 e. The molecule has 0 radical (unpaired) electrons. The lowest BCUT2D eigenvalue weighted by Gasteiger charge is -2.05. The lowest BCUT2D eigenvalue weighted by molar-refractivity contribution is 0.477. The number of nitriles is 1. The lowest BCUT2D eigenvalue weighted by Crippen LogP contribution is -1.90. The topological polar surface area (TPSA) is 74.7 Å². The molecular formula is C17H9BrN4OS. The van der Waals surface area contributed by atoms with Gasteiger partial charge in [0.2, 0.25) is 0 Å². The summed E-state index contributed by atoms with van der Waals surface area (Å²) in [5, 5.41) is 20.9. The number of hydrogen-bond acceptors (Lipinski definition) is 5. The van der Waals surface area contributed by atoms with Crippen LogP contribution in [0.1, 0.15) is 5.69 Å². The second kappa shape index (κ2) is 5.82. The Morgan fingerprint density at radius 1 is 1.17 bits per heavy atom. The van der Waals surface area contributed by atoms with E-state index in [1.54, 1.807) is 12.4 Å². The van der Waals surface area contributed by atoms with Gasteiger partial charge in [0.1, 0.15) is 6.07 Å². The van der Waals surface area contributed by atoms with Crippen molar-refractivity contribution >= 4 is 49.8 Å². The summed E-state index contributed by atoms with van der Waals surface area (Å²) in [6.07, 6.45) is 3.30. The molecule has 0 fully saturated rings. The number of nitrogens with zero attached hydrogens (tertiary/aromatic N) is 4. The van der Waals surface area contributed by atoms with E-state index in [2.05, 4.69) is 25.9 Å². The molecule has 0 spiro atoms. The minimum atomic E-state index is -0.118. The molecule has 0 aliphatic heterocycles. The normalized spacial score (nSPS) is 11.0. The van der Waals surface area contributed by atoms with Gasteiger partial charge in [-0.2, -0.15) is 5.26 Å². The first kappa shape index (κ1) is 15.0.